The number of hydrogen-bond donors (Lipinski definition) is 2. The number of aromatic amines is 1. The first kappa shape index (κ1) is 10.1. The van der Waals surface area contributed by atoms with E-state index in [1.807, 2.05) is 12.3 Å². The minimum atomic E-state index is 0.638. The van der Waals surface area contributed by atoms with Crippen LogP contribution in [-0.4, -0.2) is 20.2 Å². The lowest BCUT2D eigenvalue weighted by Crippen LogP contribution is -1.93. The second-order valence-corrected chi connectivity index (χ2v) is 4.26. The average molecular weight is 223 g/mol. The average Bonchev–Trinajstić information content (AvgIpc) is 2.76. The molecule has 0 unspecified atom stereocenters. The Morgan fingerprint density at radius 2 is 2.27 bits per heavy atom. The highest BCUT2D eigenvalue weighted by Crippen LogP contribution is 2.13. The molecule has 3 N–H and O–H groups in total. The summed E-state index contributed by atoms with van der Waals surface area (Å²) in [6, 6.07) is 0. The smallest absolute Gasteiger partial charge is 0.180 e. The molecule has 5 nitrogen and oxygen atoms in total. The molecule has 15 heavy (non-hydrogen) atoms. The molecule has 0 saturated carbocycles. The van der Waals surface area contributed by atoms with Crippen molar-refractivity contribution in [2.75, 3.05) is 5.73 Å². The number of H-pyrrole nitrogens is 1. The summed E-state index contributed by atoms with van der Waals surface area (Å²) in [5, 5.41) is 9.54. The van der Waals surface area contributed by atoms with Crippen molar-refractivity contribution in [2.24, 2.45) is 0 Å². The Morgan fingerprint density at radius 3 is 2.87 bits per heavy atom. The third-order valence-electron chi connectivity index (χ3n) is 2.05. The van der Waals surface area contributed by atoms with Crippen LogP contribution in [0.15, 0.2) is 5.38 Å². The van der Waals surface area contributed by atoms with Crippen molar-refractivity contribution in [1.29, 1.82) is 0 Å². The van der Waals surface area contributed by atoms with Crippen molar-refractivity contribution in [3.63, 3.8) is 0 Å². The number of nitrogen functional groups attached to an aromatic ring is 1. The number of aromatic nitrogens is 4. The van der Waals surface area contributed by atoms with Crippen molar-refractivity contribution in [3.05, 3.63) is 22.7 Å². The summed E-state index contributed by atoms with van der Waals surface area (Å²) in [6.07, 6.45) is 2.81. The quantitative estimate of drug-likeness (QED) is 0.819. The second-order valence-electron chi connectivity index (χ2n) is 3.37. The number of aryl methyl sites for hydroxylation is 3. The first-order valence-corrected chi connectivity index (χ1v) is 5.70. The fourth-order valence-electron chi connectivity index (χ4n) is 1.37. The summed E-state index contributed by atoms with van der Waals surface area (Å²) in [4.78, 5) is 8.43. The van der Waals surface area contributed by atoms with Gasteiger partial charge in [0.05, 0.1) is 5.69 Å². The van der Waals surface area contributed by atoms with Crippen LogP contribution in [-0.2, 0) is 12.8 Å². The van der Waals surface area contributed by atoms with Gasteiger partial charge in [-0.3, -0.25) is 5.10 Å². The fourth-order valence-corrected chi connectivity index (χ4v) is 1.96. The van der Waals surface area contributed by atoms with Crippen LogP contribution in [0.3, 0.4) is 0 Å². The zero-order valence-corrected chi connectivity index (χ0v) is 9.34. The minimum absolute atomic E-state index is 0.638. The Kier molecular flexibility index (Phi) is 2.96. The van der Waals surface area contributed by atoms with E-state index in [1.165, 1.54) is 11.3 Å². The first-order chi connectivity index (χ1) is 7.24. The molecule has 0 aromatic carbocycles. The van der Waals surface area contributed by atoms with Gasteiger partial charge in [0.1, 0.15) is 5.82 Å². The van der Waals surface area contributed by atoms with Gasteiger partial charge in [-0.2, -0.15) is 5.10 Å². The summed E-state index contributed by atoms with van der Waals surface area (Å²) in [5.41, 5.74) is 6.60. The van der Waals surface area contributed by atoms with E-state index < -0.39 is 0 Å². The molecule has 0 spiro atoms. The van der Waals surface area contributed by atoms with E-state index in [2.05, 4.69) is 20.2 Å². The fraction of sp³-hybridized carbons (Fsp3) is 0.444. The second kappa shape index (κ2) is 4.39. The van der Waals surface area contributed by atoms with Crippen molar-refractivity contribution < 1.29 is 0 Å². The number of nitrogens with two attached hydrogens (primary N) is 1. The van der Waals surface area contributed by atoms with Crippen molar-refractivity contribution in [3.8, 4) is 0 Å². The molecule has 0 aliphatic carbocycles. The van der Waals surface area contributed by atoms with Gasteiger partial charge < -0.3 is 5.73 Å². The van der Waals surface area contributed by atoms with E-state index in [9.17, 15) is 0 Å². The van der Waals surface area contributed by atoms with Gasteiger partial charge in [0, 0.05) is 11.8 Å². The lowest BCUT2D eigenvalue weighted by atomic mass is 10.2. The van der Waals surface area contributed by atoms with Crippen LogP contribution in [0.4, 0.5) is 5.13 Å². The molecule has 0 aliphatic heterocycles. The van der Waals surface area contributed by atoms with E-state index in [0.29, 0.717) is 5.13 Å². The lowest BCUT2D eigenvalue weighted by Gasteiger charge is -1.93. The highest BCUT2D eigenvalue weighted by molar-refractivity contribution is 7.13. The van der Waals surface area contributed by atoms with Gasteiger partial charge in [-0.1, -0.05) is 0 Å². The van der Waals surface area contributed by atoms with Crippen molar-refractivity contribution >= 4 is 16.5 Å². The number of thiazole rings is 1. The Balaban J connectivity index is 1.80. The highest BCUT2D eigenvalue weighted by Gasteiger charge is 2.02. The molecule has 0 radical (unpaired) electrons. The molecular weight excluding hydrogens is 210 g/mol. The van der Waals surface area contributed by atoms with Crippen LogP contribution in [0, 0.1) is 6.92 Å². The van der Waals surface area contributed by atoms with Crippen molar-refractivity contribution in [1.82, 2.24) is 20.2 Å². The summed E-state index contributed by atoms with van der Waals surface area (Å²) in [6.45, 7) is 1.90. The molecule has 0 saturated heterocycles. The summed E-state index contributed by atoms with van der Waals surface area (Å²) in [7, 11) is 0. The summed E-state index contributed by atoms with van der Waals surface area (Å²) in [5.74, 6) is 1.73. The number of hydrogen-bond acceptors (Lipinski definition) is 5. The Morgan fingerprint density at radius 1 is 1.40 bits per heavy atom. The largest absolute Gasteiger partial charge is 0.375 e. The molecule has 2 rings (SSSR count). The maximum absolute atomic E-state index is 5.54. The topological polar surface area (TPSA) is 80.5 Å². The number of nitrogens with one attached hydrogen (secondary N) is 1. The van der Waals surface area contributed by atoms with Gasteiger partial charge in [-0.15, -0.1) is 11.3 Å². The monoisotopic (exact) mass is 223 g/mol. The third-order valence-corrected chi connectivity index (χ3v) is 2.77. The lowest BCUT2D eigenvalue weighted by molar-refractivity contribution is 0.764. The zero-order chi connectivity index (χ0) is 10.7. The molecule has 0 fully saturated rings. The Bertz CT molecular complexity index is 393. The molecule has 0 atom stereocenters. The van der Waals surface area contributed by atoms with E-state index in [0.717, 1.165) is 36.6 Å². The molecule has 0 amide bonds. The highest BCUT2D eigenvalue weighted by atomic mass is 32.1. The number of anilines is 1. The molecule has 80 valence electrons. The predicted octanol–water partition coefficient (Wildman–Crippen LogP) is 1.33. The van der Waals surface area contributed by atoms with Gasteiger partial charge >= 0.3 is 0 Å². The maximum Gasteiger partial charge on any atom is 0.180 e. The minimum Gasteiger partial charge on any atom is -0.375 e. The number of rotatable bonds is 4. The SMILES string of the molecule is Cc1nc(CCCc2csc(N)n2)n[nH]1. The standard InChI is InChI=1S/C9H13N5S/c1-6-11-8(14-13-6)4-2-3-7-5-15-9(10)12-7/h5H,2-4H2,1H3,(H2,10,12)(H,11,13,14). The normalized spacial score (nSPS) is 10.7. The van der Waals surface area contributed by atoms with Crippen LogP contribution in [0.1, 0.15) is 23.8 Å². The molecule has 6 heteroatoms. The first-order valence-electron chi connectivity index (χ1n) is 4.82. The maximum atomic E-state index is 5.54. The summed E-state index contributed by atoms with van der Waals surface area (Å²) < 4.78 is 0. The summed E-state index contributed by atoms with van der Waals surface area (Å²) >= 11 is 1.48. The zero-order valence-electron chi connectivity index (χ0n) is 8.53. The van der Waals surface area contributed by atoms with Gasteiger partial charge in [0.2, 0.25) is 0 Å². The molecule has 0 aliphatic rings. The van der Waals surface area contributed by atoms with E-state index in [1.54, 1.807) is 0 Å². The molecular formula is C9H13N5S. The van der Waals surface area contributed by atoms with E-state index >= 15 is 0 Å². The van der Waals surface area contributed by atoms with Gasteiger partial charge in [-0.05, 0) is 19.8 Å². The van der Waals surface area contributed by atoms with Gasteiger partial charge in [0.15, 0.2) is 11.0 Å². The van der Waals surface area contributed by atoms with Gasteiger partial charge in [-0.25, -0.2) is 9.97 Å². The van der Waals surface area contributed by atoms with Crippen LogP contribution < -0.4 is 5.73 Å². The van der Waals surface area contributed by atoms with Crippen LogP contribution in [0.5, 0.6) is 0 Å². The van der Waals surface area contributed by atoms with Crippen LogP contribution >= 0.6 is 11.3 Å². The van der Waals surface area contributed by atoms with Crippen LogP contribution in [0.25, 0.3) is 0 Å². The Labute approximate surface area is 91.8 Å². The predicted molar refractivity (Wildman–Crippen MR) is 59.7 cm³/mol. The molecule has 2 aromatic rings. The van der Waals surface area contributed by atoms with Crippen molar-refractivity contribution in [2.45, 2.75) is 26.2 Å². The number of nitrogens with zero attached hydrogens (tertiary/aromatic N) is 3. The molecule has 2 aromatic heterocycles. The van der Waals surface area contributed by atoms with E-state index in [-0.39, 0.29) is 0 Å². The van der Waals surface area contributed by atoms with E-state index in [4.69, 9.17) is 5.73 Å². The van der Waals surface area contributed by atoms with Crippen LogP contribution in [0.2, 0.25) is 0 Å². The molecule has 0 bridgehead atoms. The Hall–Kier alpha value is -1.43. The van der Waals surface area contributed by atoms with Gasteiger partial charge in [0.25, 0.3) is 0 Å². The molecule has 2 heterocycles. The third kappa shape index (κ3) is 2.76.